The topological polar surface area (TPSA) is 110 Å². The first-order valence-electron chi connectivity index (χ1n) is 7.63. The van der Waals surface area contributed by atoms with Gasteiger partial charge < -0.3 is 14.8 Å². The van der Waals surface area contributed by atoms with Gasteiger partial charge in [0.1, 0.15) is 12.4 Å². The second kappa shape index (κ2) is 10.8. The summed E-state index contributed by atoms with van der Waals surface area (Å²) < 4.78 is 28.9. The summed E-state index contributed by atoms with van der Waals surface area (Å²) in [4.78, 5) is 34.0. The number of sulfonamides is 1. The number of Topliss-reactive ketones (excluding diaryl/α,β-unsaturated/α-hetero) is 1. The summed E-state index contributed by atoms with van der Waals surface area (Å²) in [6.07, 6.45) is 3.17. The molecule has 1 N–H and O–H groups in total. The first-order valence-corrected chi connectivity index (χ1v) is 9.48. The molecule has 0 aliphatic rings. The monoisotopic (exact) mass is 362 g/mol. The molecule has 0 aliphatic heterocycles. The molecule has 0 heterocycles. The van der Waals surface area contributed by atoms with E-state index in [-0.39, 0.29) is 31.1 Å². The average Bonchev–Trinajstić information content (AvgIpc) is 2.44. The van der Waals surface area contributed by atoms with Crippen molar-refractivity contribution < 1.29 is 27.5 Å². The zero-order valence-electron chi connectivity index (χ0n) is 14.5. The number of urea groups is 1. The lowest BCUT2D eigenvalue weighted by Gasteiger charge is -2.20. The molecule has 8 nitrogen and oxygen atoms in total. The van der Waals surface area contributed by atoms with E-state index in [2.05, 4.69) is 11.9 Å². The van der Waals surface area contributed by atoms with Crippen LogP contribution in [0.3, 0.4) is 0 Å². The van der Waals surface area contributed by atoms with Crippen LogP contribution < -0.4 is 5.32 Å². The van der Waals surface area contributed by atoms with Gasteiger partial charge in [-0.05, 0) is 26.7 Å². The number of ketones is 1. The number of nitrogens with zero attached hydrogens (tertiary/aromatic N) is 1. The van der Waals surface area contributed by atoms with Crippen molar-refractivity contribution in [2.24, 2.45) is 0 Å². The van der Waals surface area contributed by atoms with Crippen LogP contribution in [0.2, 0.25) is 0 Å². The van der Waals surface area contributed by atoms with Crippen molar-refractivity contribution in [3.63, 3.8) is 0 Å². The minimum absolute atomic E-state index is 0.00574. The van der Waals surface area contributed by atoms with E-state index >= 15 is 0 Å². The molecule has 0 aliphatic carbocycles. The summed E-state index contributed by atoms with van der Waals surface area (Å²) in [5, 5.41) is 2.39. The summed E-state index contributed by atoms with van der Waals surface area (Å²) in [6.45, 7) is 6.37. The molecule has 0 radical (unpaired) electrons. The van der Waals surface area contributed by atoms with Gasteiger partial charge in [-0.25, -0.2) is 22.3 Å². The van der Waals surface area contributed by atoms with Gasteiger partial charge in [0.05, 0.1) is 12.8 Å². The number of carbonyl (C=O) groups excluding carboxylic acids is 3. The third-order valence-corrected chi connectivity index (χ3v) is 4.13. The van der Waals surface area contributed by atoms with Crippen LogP contribution in [0.5, 0.6) is 0 Å². The standard InChI is InChI=1S/C15H26N2O6S/c1-12(2)14(19)23-11-9-16-15(20)17(24(4,21)22)10-7-5-6-8-13(3)18/h1,5-11H2,2-4H3,(H,16,20). The van der Waals surface area contributed by atoms with Gasteiger partial charge in [-0.2, -0.15) is 0 Å². The van der Waals surface area contributed by atoms with E-state index in [1.807, 2.05) is 0 Å². The fraction of sp³-hybridized carbons (Fsp3) is 0.667. The molecule has 138 valence electrons. The van der Waals surface area contributed by atoms with Crippen molar-refractivity contribution in [1.29, 1.82) is 0 Å². The van der Waals surface area contributed by atoms with Gasteiger partial charge in [0.25, 0.3) is 0 Å². The molecular formula is C15H26N2O6S. The maximum atomic E-state index is 12.0. The Morgan fingerprint density at radius 3 is 2.25 bits per heavy atom. The number of hydrogen-bond donors (Lipinski definition) is 1. The van der Waals surface area contributed by atoms with E-state index in [9.17, 15) is 22.8 Å². The van der Waals surface area contributed by atoms with Crippen LogP contribution in [0.15, 0.2) is 12.2 Å². The van der Waals surface area contributed by atoms with Gasteiger partial charge in [-0.15, -0.1) is 0 Å². The molecule has 0 fully saturated rings. The molecule has 9 heteroatoms. The van der Waals surface area contributed by atoms with Crippen molar-refractivity contribution >= 4 is 27.8 Å². The minimum atomic E-state index is -3.70. The van der Waals surface area contributed by atoms with Crippen molar-refractivity contribution in [3.8, 4) is 0 Å². The summed E-state index contributed by atoms with van der Waals surface area (Å²) >= 11 is 0. The molecule has 0 bridgehead atoms. The molecule has 0 saturated carbocycles. The number of esters is 1. The Balaban J connectivity index is 4.30. The number of rotatable bonds is 11. The third kappa shape index (κ3) is 9.98. The van der Waals surface area contributed by atoms with Crippen molar-refractivity contribution in [2.75, 3.05) is 26.0 Å². The number of hydrogen-bond acceptors (Lipinski definition) is 6. The number of unbranched alkanes of at least 4 members (excludes halogenated alkanes) is 2. The fourth-order valence-corrected chi connectivity index (χ4v) is 2.56. The number of amides is 2. The SMILES string of the molecule is C=C(C)C(=O)OCCNC(=O)N(CCCCCC(C)=O)S(C)(=O)=O. The smallest absolute Gasteiger partial charge is 0.333 e. The van der Waals surface area contributed by atoms with Crippen molar-refractivity contribution in [3.05, 3.63) is 12.2 Å². The van der Waals surface area contributed by atoms with Gasteiger partial charge in [-0.1, -0.05) is 13.0 Å². The molecule has 0 rings (SSSR count). The van der Waals surface area contributed by atoms with Crippen molar-refractivity contribution in [1.82, 2.24) is 9.62 Å². The Morgan fingerprint density at radius 2 is 1.75 bits per heavy atom. The molecule has 0 aromatic rings. The summed E-state index contributed by atoms with van der Waals surface area (Å²) in [5.74, 6) is -0.494. The van der Waals surface area contributed by atoms with Gasteiger partial charge >= 0.3 is 12.0 Å². The molecular weight excluding hydrogens is 336 g/mol. The average molecular weight is 362 g/mol. The highest BCUT2D eigenvalue weighted by Gasteiger charge is 2.22. The molecule has 0 spiro atoms. The highest BCUT2D eigenvalue weighted by molar-refractivity contribution is 7.88. The van der Waals surface area contributed by atoms with Crippen LogP contribution in [-0.2, 0) is 24.3 Å². The molecule has 0 saturated heterocycles. The molecule has 2 amide bonds. The first kappa shape index (κ1) is 22.1. The highest BCUT2D eigenvalue weighted by Crippen LogP contribution is 2.06. The van der Waals surface area contributed by atoms with E-state index in [0.29, 0.717) is 25.7 Å². The predicted octanol–water partition coefficient (Wildman–Crippen LogP) is 1.23. The summed E-state index contributed by atoms with van der Waals surface area (Å²) in [6, 6.07) is -0.768. The first-order chi connectivity index (χ1) is 11.1. The summed E-state index contributed by atoms with van der Waals surface area (Å²) in [7, 11) is -3.70. The third-order valence-electron chi connectivity index (χ3n) is 2.98. The van der Waals surface area contributed by atoms with Gasteiger partial charge in [0, 0.05) is 18.5 Å². The Morgan fingerprint density at radius 1 is 1.12 bits per heavy atom. The molecule has 0 atom stereocenters. The van der Waals surface area contributed by atoms with E-state index in [0.717, 1.165) is 10.6 Å². The Hall–Kier alpha value is -1.90. The molecule has 0 aromatic carbocycles. The van der Waals surface area contributed by atoms with Gasteiger partial charge in [-0.3, -0.25) is 0 Å². The van der Waals surface area contributed by atoms with E-state index in [4.69, 9.17) is 4.74 Å². The second-order valence-electron chi connectivity index (χ2n) is 5.50. The van der Waals surface area contributed by atoms with E-state index < -0.39 is 22.0 Å². The maximum Gasteiger partial charge on any atom is 0.333 e. The zero-order chi connectivity index (χ0) is 18.8. The highest BCUT2D eigenvalue weighted by atomic mass is 32.2. The molecule has 0 aromatic heterocycles. The lowest BCUT2D eigenvalue weighted by atomic mass is 10.1. The molecule has 24 heavy (non-hydrogen) atoms. The lowest BCUT2D eigenvalue weighted by Crippen LogP contribution is -2.44. The normalized spacial score (nSPS) is 10.8. The molecule has 0 unspecified atom stereocenters. The lowest BCUT2D eigenvalue weighted by molar-refractivity contribution is -0.138. The van der Waals surface area contributed by atoms with Crippen LogP contribution in [0, 0.1) is 0 Å². The number of nitrogens with one attached hydrogen (secondary N) is 1. The van der Waals surface area contributed by atoms with Gasteiger partial charge in [0.2, 0.25) is 10.0 Å². The predicted molar refractivity (Wildman–Crippen MR) is 89.9 cm³/mol. The van der Waals surface area contributed by atoms with Crippen LogP contribution >= 0.6 is 0 Å². The minimum Gasteiger partial charge on any atom is -0.460 e. The largest absolute Gasteiger partial charge is 0.460 e. The van der Waals surface area contributed by atoms with Crippen LogP contribution in [0.4, 0.5) is 4.79 Å². The van der Waals surface area contributed by atoms with Crippen LogP contribution in [0.25, 0.3) is 0 Å². The Labute approximate surface area is 143 Å². The van der Waals surface area contributed by atoms with E-state index in [1.165, 1.54) is 13.8 Å². The maximum absolute atomic E-state index is 12.0. The van der Waals surface area contributed by atoms with Crippen molar-refractivity contribution in [2.45, 2.75) is 39.5 Å². The zero-order valence-corrected chi connectivity index (χ0v) is 15.3. The van der Waals surface area contributed by atoms with E-state index in [1.54, 1.807) is 0 Å². The Bertz CT molecular complexity index is 571. The summed E-state index contributed by atoms with van der Waals surface area (Å²) in [5.41, 5.74) is 0.240. The number of ether oxygens (including phenoxy) is 1. The second-order valence-corrected chi connectivity index (χ2v) is 7.40. The number of carbonyl (C=O) groups is 3. The Kier molecular flexibility index (Phi) is 9.94. The fourth-order valence-electron chi connectivity index (χ4n) is 1.74. The van der Waals surface area contributed by atoms with Crippen LogP contribution in [-0.4, -0.2) is 56.5 Å². The van der Waals surface area contributed by atoms with Crippen LogP contribution in [0.1, 0.15) is 39.5 Å². The quantitative estimate of drug-likeness (QED) is 0.336. The van der Waals surface area contributed by atoms with Gasteiger partial charge in [0.15, 0.2) is 0 Å².